The third-order valence-corrected chi connectivity index (χ3v) is 14.7. The van der Waals surface area contributed by atoms with Crippen LogP contribution in [0.1, 0.15) is 18.4 Å². The molecule has 3 heterocycles. The number of rotatable bonds is 2. The highest BCUT2D eigenvalue weighted by atomic mass is 32.3. The number of fused-ring (bicyclic) bond motifs is 13. The maximum atomic E-state index is 2.79. The quantitative estimate of drug-likeness (QED) is 0.181. The molecular weight excluding hydrogens is 637 g/mol. The lowest BCUT2D eigenvalue weighted by Crippen LogP contribution is -2.42. The second-order valence-electron chi connectivity index (χ2n) is 13.6. The lowest BCUT2D eigenvalue weighted by molar-refractivity contribution is 1.00. The van der Waals surface area contributed by atoms with Crippen LogP contribution < -0.4 is 8.61 Å². The highest BCUT2D eigenvalue weighted by Gasteiger charge is 2.54. The SMILES string of the molecule is C1=C2C(=CCC1)N1c3ccc(-c4ccccc4)cc3-c3cc(-c4ccccc4)ccc3N3c4ccccc4-c4ccccc4S13c1ccccc12. The highest BCUT2D eigenvalue weighted by molar-refractivity contribution is 8.36. The van der Waals surface area contributed by atoms with E-state index >= 15 is 0 Å². The lowest BCUT2D eigenvalue weighted by Gasteiger charge is -2.62. The fourth-order valence-electron chi connectivity index (χ4n) is 8.76. The Balaban J connectivity index is 1.35. The van der Waals surface area contributed by atoms with Crippen LogP contribution in [0.3, 0.4) is 0 Å². The van der Waals surface area contributed by atoms with Gasteiger partial charge in [-0.2, -0.15) is 0 Å². The second-order valence-corrected chi connectivity index (χ2v) is 16.3. The molecule has 0 amide bonds. The normalized spacial score (nSPS) is 18.7. The van der Waals surface area contributed by atoms with Gasteiger partial charge in [0.25, 0.3) is 0 Å². The number of nitrogens with zero attached hydrogens (tertiary/aromatic N) is 2. The van der Waals surface area contributed by atoms with E-state index in [1.807, 2.05) is 0 Å². The Morgan fingerprint density at radius 1 is 0.353 bits per heavy atom. The summed E-state index contributed by atoms with van der Waals surface area (Å²) in [6, 6.07) is 63.6. The van der Waals surface area contributed by atoms with E-state index in [0.29, 0.717) is 0 Å². The first-order valence-corrected chi connectivity index (χ1v) is 19.4. The zero-order valence-corrected chi connectivity index (χ0v) is 28.9. The lowest BCUT2D eigenvalue weighted by atomic mass is 9.92. The summed E-state index contributed by atoms with van der Waals surface area (Å²) in [4.78, 5) is 2.76. The van der Waals surface area contributed by atoms with Crippen molar-refractivity contribution in [3.8, 4) is 44.5 Å². The maximum absolute atomic E-state index is 2.79. The van der Waals surface area contributed by atoms with Gasteiger partial charge in [-0.05, 0) is 99.1 Å². The first kappa shape index (κ1) is 28.8. The molecule has 0 saturated heterocycles. The second kappa shape index (κ2) is 11.0. The summed E-state index contributed by atoms with van der Waals surface area (Å²) < 4.78 is 5.56. The van der Waals surface area contributed by atoms with Crippen molar-refractivity contribution in [3.63, 3.8) is 0 Å². The van der Waals surface area contributed by atoms with Gasteiger partial charge in [-0.15, -0.1) is 0 Å². The molecule has 242 valence electrons. The van der Waals surface area contributed by atoms with E-state index in [9.17, 15) is 0 Å². The minimum Gasteiger partial charge on any atom is -0.278 e. The van der Waals surface area contributed by atoms with Crippen LogP contribution in [-0.2, 0) is 0 Å². The first-order valence-electron chi connectivity index (χ1n) is 17.8. The topological polar surface area (TPSA) is 6.48 Å². The van der Waals surface area contributed by atoms with Crippen LogP contribution in [0, 0.1) is 0 Å². The van der Waals surface area contributed by atoms with Gasteiger partial charge in [0.15, 0.2) is 0 Å². The molecule has 1 unspecified atom stereocenters. The Hall–Kier alpha value is -6.03. The van der Waals surface area contributed by atoms with Gasteiger partial charge < -0.3 is 0 Å². The van der Waals surface area contributed by atoms with Crippen LogP contribution in [-0.4, -0.2) is 0 Å². The molecule has 3 aliphatic heterocycles. The third-order valence-electron chi connectivity index (χ3n) is 10.9. The highest BCUT2D eigenvalue weighted by Crippen LogP contribution is 2.81. The zero-order chi connectivity index (χ0) is 33.5. The average molecular weight is 671 g/mol. The van der Waals surface area contributed by atoms with E-state index in [0.717, 1.165) is 12.8 Å². The van der Waals surface area contributed by atoms with Crippen molar-refractivity contribution in [2.75, 3.05) is 8.61 Å². The van der Waals surface area contributed by atoms with E-state index in [1.54, 1.807) is 0 Å². The average Bonchev–Trinajstić information content (AvgIpc) is 3.33. The molecule has 2 nitrogen and oxygen atoms in total. The van der Waals surface area contributed by atoms with Gasteiger partial charge >= 0.3 is 0 Å². The number of hydrogen-bond donors (Lipinski definition) is 0. The molecule has 0 fully saturated rings. The molecule has 7 aromatic rings. The predicted molar refractivity (Wildman–Crippen MR) is 215 cm³/mol. The van der Waals surface area contributed by atoms with Crippen molar-refractivity contribution in [3.05, 3.63) is 193 Å². The summed E-state index contributed by atoms with van der Waals surface area (Å²) in [5, 5.41) is 0. The molecule has 3 heteroatoms. The standard InChI is InChI=1S/C48H34N2S/c1-3-15-33(16-4-1)35-27-29-45-41(31-35)42-32-36(34-17-5-2-6-18-34)28-30-46(42)50-44-24-12-8-20-38(44)40-22-10-14-26-48(40)51(50)47-25-13-9-21-39(47)37-19-7-11-23-43(37)49(45)51/h1-7,9-11,13-32H,8,12H2. The van der Waals surface area contributed by atoms with E-state index in [1.165, 1.54) is 88.2 Å². The molecule has 0 radical (unpaired) electrons. The Morgan fingerprint density at radius 2 is 0.843 bits per heavy atom. The summed E-state index contributed by atoms with van der Waals surface area (Å²) in [6.45, 7) is 0. The Labute approximate surface area is 300 Å². The van der Waals surface area contributed by atoms with Crippen molar-refractivity contribution in [1.82, 2.24) is 0 Å². The van der Waals surface area contributed by atoms with Crippen molar-refractivity contribution < 1.29 is 0 Å². The summed E-state index contributed by atoms with van der Waals surface area (Å²) in [6.07, 6.45) is 7.07. The summed E-state index contributed by atoms with van der Waals surface area (Å²) in [7, 11) is -2.14. The minimum absolute atomic E-state index is 1.02. The number of anilines is 3. The van der Waals surface area contributed by atoms with Gasteiger partial charge in [0.2, 0.25) is 0 Å². The molecule has 11 rings (SSSR count). The third kappa shape index (κ3) is 3.95. The summed E-state index contributed by atoms with van der Waals surface area (Å²) >= 11 is 0. The minimum atomic E-state index is -2.14. The smallest absolute Gasteiger partial charge is 0.0611 e. The molecular formula is C48H34N2S. The predicted octanol–water partition coefficient (Wildman–Crippen LogP) is 13.5. The van der Waals surface area contributed by atoms with Crippen molar-refractivity contribution in [2.45, 2.75) is 22.6 Å². The van der Waals surface area contributed by atoms with Gasteiger partial charge in [0, 0.05) is 32.1 Å². The van der Waals surface area contributed by atoms with Crippen LogP contribution in [0.2, 0.25) is 0 Å². The van der Waals surface area contributed by atoms with Crippen molar-refractivity contribution >= 4 is 33.0 Å². The monoisotopic (exact) mass is 670 g/mol. The van der Waals surface area contributed by atoms with E-state index in [4.69, 9.17) is 0 Å². The molecule has 1 spiro atoms. The first-order chi connectivity index (χ1) is 25.3. The molecule has 0 aromatic heterocycles. The molecule has 0 N–H and O–H groups in total. The van der Waals surface area contributed by atoms with E-state index in [2.05, 4.69) is 191 Å². The Kier molecular flexibility index (Phi) is 6.20. The van der Waals surface area contributed by atoms with Crippen LogP contribution in [0.5, 0.6) is 0 Å². The van der Waals surface area contributed by atoms with Gasteiger partial charge in [0.1, 0.15) is 0 Å². The Morgan fingerprint density at radius 3 is 1.51 bits per heavy atom. The zero-order valence-electron chi connectivity index (χ0n) is 28.0. The number of allylic oxidation sites excluding steroid dienone is 3. The van der Waals surface area contributed by atoms with E-state index < -0.39 is 10.4 Å². The molecule has 7 aromatic carbocycles. The molecule has 0 bridgehead atoms. The van der Waals surface area contributed by atoms with E-state index in [-0.39, 0.29) is 0 Å². The number of hydrogen-bond acceptors (Lipinski definition) is 2. The summed E-state index contributed by atoms with van der Waals surface area (Å²) in [5.41, 5.74) is 17.7. The summed E-state index contributed by atoms with van der Waals surface area (Å²) in [5.74, 6) is 0. The van der Waals surface area contributed by atoms with Crippen molar-refractivity contribution in [1.29, 1.82) is 0 Å². The van der Waals surface area contributed by atoms with Gasteiger partial charge in [0.05, 0.1) is 22.8 Å². The van der Waals surface area contributed by atoms with Gasteiger partial charge in [-0.1, -0.05) is 140 Å². The fourth-order valence-corrected chi connectivity index (χ4v) is 13.2. The molecule has 0 saturated carbocycles. The molecule has 51 heavy (non-hydrogen) atoms. The molecule has 1 aliphatic carbocycles. The molecule has 4 aliphatic rings. The largest absolute Gasteiger partial charge is 0.278 e. The Bertz CT molecular complexity index is 2600. The van der Waals surface area contributed by atoms with Gasteiger partial charge in [-0.25, -0.2) is 0 Å². The van der Waals surface area contributed by atoms with Crippen LogP contribution in [0.25, 0.3) is 50.1 Å². The maximum Gasteiger partial charge on any atom is 0.0611 e. The van der Waals surface area contributed by atoms with Crippen LogP contribution >= 0.6 is 10.4 Å². The van der Waals surface area contributed by atoms with Crippen molar-refractivity contribution in [2.24, 2.45) is 0 Å². The number of para-hydroxylation sites is 1. The number of benzene rings is 7. The van der Waals surface area contributed by atoms with Gasteiger partial charge in [-0.3, -0.25) is 8.61 Å². The molecule has 1 atom stereocenters. The van der Waals surface area contributed by atoms with Crippen LogP contribution in [0.4, 0.5) is 17.1 Å². The van der Waals surface area contributed by atoms with Crippen LogP contribution in [0.15, 0.2) is 197 Å². The fraction of sp³-hybridized carbons (Fsp3) is 0.0417.